The van der Waals surface area contributed by atoms with E-state index >= 15 is 0 Å². The highest BCUT2D eigenvalue weighted by atomic mass is 16.4. The standard InChI is InChI=1S/C12H20N4O6/c13-4-9(18)14-5-10(19)16-3-1-2-8(16)11(20)15-7(6-17)12(21)22/h7-8,17H,1-6,13H2,(H,14,18)(H,15,20)(H,21,22)/t7-,8-/m0/s1. The fourth-order valence-electron chi connectivity index (χ4n) is 2.14. The van der Waals surface area contributed by atoms with Gasteiger partial charge in [0.1, 0.15) is 12.1 Å². The topological polar surface area (TPSA) is 162 Å². The van der Waals surface area contributed by atoms with Crippen LogP contribution in [0.4, 0.5) is 0 Å². The molecule has 22 heavy (non-hydrogen) atoms. The molecule has 1 aliphatic rings. The molecule has 10 heteroatoms. The van der Waals surface area contributed by atoms with Crippen molar-refractivity contribution < 1.29 is 29.4 Å². The van der Waals surface area contributed by atoms with Gasteiger partial charge in [0.15, 0.2) is 0 Å². The zero-order chi connectivity index (χ0) is 16.7. The van der Waals surface area contributed by atoms with E-state index in [4.69, 9.17) is 15.9 Å². The molecule has 124 valence electrons. The van der Waals surface area contributed by atoms with Gasteiger partial charge in [0.05, 0.1) is 19.7 Å². The van der Waals surface area contributed by atoms with Crippen LogP contribution in [0.1, 0.15) is 12.8 Å². The maximum atomic E-state index is 12.0. The van der Waals surface area contributed by atoms with Crippen LogP contribution in [0.25, 0.3) is 0 Å². The van der Waals surface area contributed by atoms with Gasteiger partial charge >= 0.3 is 5.97 Å². The van der Waals surface area contributed by atoms with Crippen LogP contribution >= 0.6 is 0 Å². The molecule has 1 heterocycles. The molecule has 0 aromatic carbocycles. The maximum Gasteiger partial charge on any atom is 0.328 e. The molecule has 0 saturated carbocycles. The molecular formula is C12H20N4O6. The number of carbonyl (C=O) groups is 4. The van der Waals surface area contributed by atoms with Crippen molar-refractivity contribution in [1.29, 1.82) is 0 Å². The molecule has 1 aliphatic heterocycles. The van der Waals surface area contributed by atoms with E-state index in [1.165, 1.54) is 4.90 Å². The molecule has 0 bridgehead atoms. The van der Waals surface area contributed by atoms with Crippen molar-refractivity contribution in [3.63, 3.8) is 0 Å². The lowest BCUT2D eigenvalue weighted by molar-refractivity contribution is -0.144. The molecule has 2 atom stereocenters. The monoisotopic (exact) mass is 316 g/mol. The van der Waals surface area contributed by atoms with Crippen LogP contribution in [-0.4, -0.2) is 77.1 Å². The number of likely N-dealkylation sites (tertiary alicyclic amines) is 1. The molecule has 10 nitrogen and oxygen atoms in total. The fourth-order valence-corrected chi connectivity index (χ4v) is 2.14. The highest BCUT2D eigenvalue weighted by molar-refractivity contribution is 5.92. The van der Waals surface area contributed by atoms with E-state index in [0.717, 1.165) is 0 Å². The summed E-state index contributed by atoms with van der Waals surface area (Å²) in [5.41, 5.74) is 5.11. The number of nitrogens with zero attached hydrogens (tertiary/aromatic N) is 1. The van der Waals surface area contributed by atoms with Crippen LogP contribution < -0.4 is 16.4 Å². The summed E-state index contributed by atoms with van der Waals surface area (Å²) >= 11 is 0. The molecule has 0 spiro atoms. The summed E-state index contributed by atoms with van der Waals surface area (Å²) in [6, 6.07) is -2.22. The van der Waals surface area contributed by atoms with Crippen LogP contribution in [-0.2, 0) is 19.2 Å². The molecule has 0 aromatic rings. The predicted octanol–water partition coefficient (Wildman–Crippen LogP) is -3.39. The molecule has 0 radical (unpaired) electrons. The number of carboxylic acid groups (broad SMARTS) is 1. The quantitative estimate of drug-likeness (QED) is 0.327. The molecule has 0 aliphatic carbocycles. The van der Waals surface area contributed by atoms with Crippen molar-refractivity contribution in [2.45, 2.75) is 24.9 Å². The molecule has 3 amide bonds. The first-order valence-electron chi connectivity index (χ1n) is 6.81. The maximum absolute atomic E-state index is 12.0. The molecule has 6 N–H and O–H groups in total. The Labute approximate surface area is 126 Å². The van der Waals surface area contributed by atoms with Crippen LogP contribution in [0.15, 0.2) is 0 Å². The molecule has 1 saturated heterocycles. The summed E-state index contributed by atoms with van der Waals surface area (Å²) in [6.45, 7) is -0.920. The fraction of sp³-hybridized carbons (Fsp3) is 0.667. The van der Waals surface area contributed by atoms with E-state index in [1.807, 2.05) is 0 Å². The predicted molar refractivity (Wildman–Crippen MR) is 73.5 cm³/mol. The lowest BCUT2D eigenvalue weighted by Gasteiger charge is -2.25. The first-order valence-corrected chi connectivity index (χ1v) is 6.81. The SMILES string of the molecule is NCC(=O)NCC(=O)N1CCC[C@H]1C(=O)N[C@@H](CO)C(=O)O. The Morgan fingerprint density at radius 2 is 2.00 bits per heavy atom. The second kappa shape index (κ2) is 8.29. The number of rotatable bonds is 7. The number of hydrogen-bond donors (Lipinski definition) is 5. The van der Waals surface area contributed by atoms with E-state index in [2.05, 4.69) is 10.6 Å². The lowest BCUT2D eigenvalue weighted by Crippen LogP contribution is -2.53. The molecule has 0 aromatic heterocycles. The number of nitrogens with two attached hydrogens (primary N) is 1. The number of aliphatic hydroxyl groups is 1. The first-order chi connectivity index (χ1) is 10.4. The van der Waals surface area contributed by atoms with Crippen LogP contribution in [0.2, 0.25) is 0 Å². The minimum atomic E-state index is -1.41. The van der Waals surface area contributed by atoms with Gasteiger partial charge in [0.25, 0.3) is 0 Å². The smallest absolute Gasteiger partial charge is 0.328 e. The third kappa shape index (κ3) is 4.67. The Kier molecular flexibility index (Phi) is 6.73. The van der Waals surface area contributed by atoms with Gasteiger partial charge in [-0.25, -0.2) is 4.79 Å². The zero-order valence-corrected chi connectivity index (χ0v) is 11.9. The van der Waals surface area contributed by atoms with Crippen LogP contribution in [0.3, 0.4) is 0 Å². The first kappa shape index (κ1) is 17.9. The lowest BCUT2D eigenvalue weighted by atomic mass is 10.2. The minimum absolute atomic E-state index is 0.242. The highest BCUT2D eigenvalue weighted by Gasteiger charge is 2.35. The van der Waals surface area contributed by atoms with Crippen molar-refractivity contribution in [2.75, 3.05) is 26.2 Å². The summed E-state index contributed by atoms with van der Waals surface area (Å²) in [5, 5.41) is 22.2. The molecule has 1 fully saturated rings. The summed E-state index contributed by atoms with van der Waals surface area (Å²) in [5.74, 6) is -2.94. The average Bonchev–Trinajstić information content (AvgIpc) is 2.98. The summed E-state index contributed by atoms with van der Waals surface area (Å²) in [7, 11) is 0. The van der Waals surface area contributed by atoms with Gasteiger partial charge in [-0.1, -0.05) is 0 Å². The van der Waals surface area contributed by atoms with Gasteiger partial charge in [-0.15, -0.1) is 0 Å². The number of hydrogen-bond acceptors (Lipinski definition) is 6. The van der Waals surface area contributed by atoms with Crippen LogP contribution in [0, 0.1) is 0 Å². The molecular weight excluding hydrogens is 296 g/mol. The Bertz CT molecular complexity index is 455. The van der Waals surface area contributed by atoms with E-state index in [-0.39, 0.29) is 13.1 Å². The second-order valence-corrected chi connectivity index (χ2v) is 4.81. The Hall–Kier alpha value is -2.20. The third-order valence-corrected chi connectivity index (χ3v) is 3.30. The third-order valence-electron chi connectivity index (χ3n) is 3.30. The summed E-state index contributed by atoms with van der Waals surface area (Å²) < 4.78 is 0. The van der Waals surface area contributed by atoms with Crippen molar-refractivity contribution in [1.82, 2.24) is 15.5 Å². The second-order valence-electron chi connectivity index (χ2n) is 4.81. The van der Waals surface area contributed by atoms with Gasteiger partial charge in [-0.3, -0.25) is 14.4 Å². The van der Waals surface area contributed by atoms with Crippen molar-refractivity contribution in [3.8, 4) is 0 Å². The van der Waals surface area contributed by atoms with E-state index in [0.29, 0.717) is 19.4 Å². The number of carbonyl (C=O) groups excluding carboxylic acids is 3. The van der Waals surface area contributed by atoms with Crippen LogP contribution in [0.5, 0.6) is 0 Å². The van der Waals surface area contributed by atoms with Gasteiger partial charge < -0.3 is 31.5 Å². The summed E-state index contributed by atoms with van der Waals surface area (Å²) in [6.07, 6.45) is 0.978. The van der Waals surface area contributed by atoms with Crippen molar-refractivity contribution in [3.05, 3.63) is 0 Å². The largest absolute Gasteiger partial charge is 0.480 e. The number of nitrogens with one attached hydrogen (secondary N) is 2. The Balaban J connectivity index is 2.61. The number of amides is 3. The molecule has 0 unspecified atom stereocenters. The van der Waals surface area contributed by atoms with Gasteiger partial charge in [-0.05, 0) is 12.8 Å². The van der Waals surface area contributed by atoms with E-state index < -0.39 is 42.4 Å². The average molecular weight is 316 g/mol. The van der Waals surface area contributed by atoms with E-state index in [9.17, 15) is 19.2 Å². The normalized spacial score (nSPS) is 18.6. The van der Waals surface area contributed by atoms with E-state index in [1.54, 1.807) is 0 Å². The number of aliphatic hydroxyl groups excluding tert-OH is 1. The van der Waals surface area contributed by atoms with Gasteiger partial charge in [-0.2, -0.15) is 0 Å². The number of aliphatic carboxylic acids is 1. The minimum Gasteiger partial charge on any atom is -0.480 e. The summed E-state index contributed by atoms with van der Waals surface area (Å²) in [4.78, 5) is 47.1. The molecule has 1 rings (SSSR count). The zero-order valence-electron chi connectivity index (χ0n) is 11.9. The van der Waals surface area contributed by atoms with Crippen molar-refractivity contribution >= 4 is 23.7 Å². The Morgan fingerprint density at radius 1 is 1.32 bits per heavy atom. The highest BCUT2D eigenvalue weighted by Crippen LogP contribution is 2.17. The Morgan fingerprint density at radius 3 is 2.55 bits per heavy atom. The number of carboxylic acids is 1. The van der Waals surface area contributed by atoms with Crippen molar-refractivity contribution in [2.24, 2.45) is 5.73 Å². The van der Waals surface area contributed by atoms with Gasteiger partial charge in [0, 0.05) is 6.54 Å². The van der Waals surface area contributed by atoms with Gasteiger partial charge in [0.2, 0.25) is 17.7 Å².